The van der Waals surface area contributed by atoms with E-state index in [1.807, 2.05) is 26.0 Å². The second kappa shape index (κ2) is 2.91. The van der Waals surface area contributed by atoms with E-state index in [9.17, 15) is 4.79 Å². The molecule has 2 heteroatoms. The van der Waals surface area contributed by atoms with Crippen molar-refractivity contribution in [2.45, 2.75) is 20.3 Å². The fourth-order valence-corrected chi connectivity index (χ4v) is 1.42. The molecule has 0 heterocycles. The van der Waals surface area contributed by atoms with Crippen molar-refractivity contribution in [1.29, 1.82) is 0 Å². The molecule has 11 heavy (non-hydrogen) atoms. The predicted molar refractivity (Wildman–Crippen MR) is 43.3 cm³/mol. The average molecular weight is 152 g/mol. The maximum atomic E-state index is 10.7. The molecule has 0 radical (unpaired) electrons. The standard InChI is InChI=1S/C9H12O2/c1-6-4-3-5-7(2)8(6)9(10)11/h4-5,8H,3H2,1-2H3,(H,10,11). The Morgan fingerprint density at radius 3 is 2.18 bits per heavy atom. The van der Waals surface area contributed by atoms with E-state index in [0.717, 1.165) is 17.6 Å². The maximum absolute atomic E-state index is 10.7. The number of allylic oxidation sites excluding steroid dienone is 2. The number of rotatable bonds is 1. The van der Waals surface area contributed by atoms with Crippen LogP contribution in [0.15, 0.2) is 23.3 Å². The molecule has 0 unspecified atom stereocenters. The monoisotopic (exact) mass is 152 g/mol. The molecule has 0 saturated carbocycles. The first-order chi connectivity index (χ1) is 5.13. The summed E-state index contributed by atoms with van der Waals surface area (Å²) in [5, 5.41) is 8.80. The second-order valence-corrected chi connectivity index (χ2v) is 2.90. The molecule has 60 valence electrons. The fourth-order valence-electron chi connectivity index (χ4n) is 1.42. The van der Waals surface area contributed by atoms with Crippen LogP contribution in [0.2, 0.25) is 0 Å². The SMILES string of the molecule is CC1=CCC=C(C)C1C(=O)O. The highest BCUT2D eigenvalue weighted by Crippen LogP contribution is 2.25. The highest BCUT2D eigenvalue weighted by molar-refractivity contribution is 5.77. The Bertz CT molecular complexity index is 218. The summed E-state index contributed by atoms with van der Waals surface area (Å²) >= 11 is 0. The van der Waals surface area contributed by atoms with Gasteiger partial charge in [0.2, 0.25) is 0 Å². The molecule has 2 nitrogen and oxygen atoms in total. The number of hydrogen-bond acceptors (Lipinski definition) is 1. The molecule has 0 atom stereocenters. The molecule has 0 fully saturated rings. The van der Waals surface area contributed by atoms with Crippen molar-refractivity contribution < 1.29 is 9.90 Å². The zero-order valence-corrected chi connectivity index (χ0v) is 6.79. The van der Waals surface area contributed by atoms with Crippen LogP contribution in [0.4, 0.5) is 0 Å². The number of hydrogen-bond donors (Lipinski definition) is 1. The van der Waals surface area contributed by atoms with Gasteiger partial charge in [-0.1, -0.05) is 23.3 Å². The fraction of sp³-hybridized carbons (Fsp3) is 0.444. The minimum atomic E-state index is -0.743. The van der Waals surface area contributed by atoms with E-state index in [1.165, 1.54) is 0 Å². The molecule has 0 aromatic rings. The molecule has 0 bridgehead atoms. The minimum absolute atomic E-state index is 0.372. The molecule has 0 aliphatic heterocycles. The quantitative estimate of drug-likeness (QED) is 0.583. The molecule has 0 saturated heterocycles. The van der Waals surface area contributed by atoms with E-state index in [0.29, 0.717) is 0 Å². The van der Waals surface area contributed by atoms with Crippen LogP contribution in [0.1, 0.15) is 20.3 Å². The first-order valence-corrected chi connectivity index (χ1v) is 3.69. The Morgan fingerprint density at radius 2 is 1.91 bits per heavy atom. The van der Waals surface area contributed by atoms with E-state index in [1.54, 1.807) is 0 Å². The molecule has 0 aromatic carbocycles. The maximum Gasteiger partial charge on any atom is 0.314 e. The van der Waals surface area contributed by atoms with Crippen LogP contribution in [-0.2, 0) is 4.79 Å². The Kier molecular flexibility index (Phi) is 2.13. The zero-order chi connectivity index (χ0) is 8.43. The Morgan fingerprint density at radius 1 is 1.45 bits per heavy atom. The minimum Gasteiger partial charge on any atom is -0.481 e. The van der Waals surface area contributed by atoms with Gasteiger partial charge in [0.1, 0.15) is 0 Å². The van der Waals surface area contributed by atoms with Crippen LogP contribution >= 0.6 is 0 Å². The molecule has 1 rings (SSSR count). The number of carbonyl (C=O) groups is 1. The van der Waals surface area contributed by atoms with Gasteiger partial charge in [-0.05, 0) is 20.3 Å². The summed E-state index contributed by atoms with van der Waals surface area (Å²) in [6, 6.07) is 0. The molecule has 0 amide bonds. The van der Waals surface area contributed by atoms with Gasteiger partial charge < -0.3 is 5.11 Å². The first kappa shape index (κ1) is 8.05. The zero-order valence-electron chi connectivity index (χ0n) is 6.79. The first-order valence-electron chi connectivity index (χ1n) is 3.69. The summed E-state index contributed by atoms with van der Waals surface area (Å²) in [4.78, 5) is 10.7. The van der Waals surface area contributed by atoms with Crippen LogP contribution in [0.25, 0.3) is 0 Å². The van der Waals surface area contributed by atoms with Crippen molar-refractivity contribution in [3.8, 4) is 0 Å². The predicted octanol–water partition coefficient (Wildman–Crippen LogP) is 1.98. The topological polar surface area (TPSA) is 37.3 Å². The van der Waals surface area contributed by atoms with Crippen molar-refractivity contribution in [2.24, 2.45) is 5.92 Å². The van der Waals surface area contributed by atoms with Crippen molar-refractivity contribution in [3.63, 3.8) is 0 Å². The summed E-state index contributed by atoms with van der Waals surface area (Å²) in [6.45, 7) is 3.74. The lowest BCUT2D eigenvalue weighted by Gasteiger charge is -2.17. The van der Waals surface area contributed by atoms with Crippen LogP contribution < -0.4 is 0 Å². The summed E-state index contributed by atoms with van der Waals surface area (Å²) in [7, 11) is 0. The van der Waals surface area contributed by atoms with Crippen LogP contribution in [0.3, 0.4) is 0 Å². The van der Waals surface area contributed by atoms with Gasteiger partial charge in [0.05, 0.1) is 5.92 Å². The third-order valence-electron chi connectivity index (χ3n) is 2.04. The van der Waals surface area contributed by atoms with E-state index in [4.69, 9.17) is 5.11 Å². The van der Waals surface area contributed by atoms with E-state index >= 15 is 0 Å². The summed E-state index contributed by atoms with van der Waals surface area (Å²) in [5.41, 5.74) is 1.91. The highest BCUT2D eigenvalue weighted by Gasteiger charge is 2.22. The molecule has 1 aliphatic carbocycles. The van der Waals surface area contributed by atoms with Gasteiger partial charge in [-0.2, -0.15) is 0 Å². The third kappa shape index (κ3) is 1.50. The third-order valence-corrected chi connectivity index (χ3v) is 2.04. The Hall–Kier alpha value is -1.05. The summed E-state index contributed by atoms with van der Waals surface area (Å²) < 4.78 is 0. The molecular formula is C9H12O2. The van der Waals surface area contributed by atoms with Gasteiger partial charge in [-0.3, -0.25) is 4.79 Å². The van der Waals surface area contributed by atoms with Crippen molar-refractivity contribution >= 4 is 5.97 Å². The number of carboxylic acid groups (broad SMARTS) is 1. The van der Waals surface area contributed by atoms with Gasteiger partial charge in [0.15, 0.2) is 0 Å². The van der Waals surface area contributed by atoms with Gasteiger partial charge in [0, 0.05) is 0 Å². The van der Waals surface area contributed by atoms with Crippen molar-refractivity contribution in [3.05, 3.63) is 23.3 Å². The molecule has 0 aromatic heterocycles. The van der Waals surface area contributed by atoms with Gasteiger partial charge in [0.25, 0.3) is 0 Å². The van der Waals surface area contributed by atoms with Crippen LogP contribution in [0.5, 0.6) is 0 Å². The van der Waals surface area contributed by atoms with Crippen LogP contribution in [0, 0.1) is 5.92 Å². The molecule has 1 aliphatic rings. The van der Waals surface area contributed by atoms with Crippen molar-refractivity contribution in [1.82, 2.24) is 0 Å². The lowest BCUT2D eigenvalue weighted by Crippen LogP contribution is -2.17. The van der Waals surface area contributed by atoms with Crippen molar-refractivity contribution in [2.75, 3.05) is 0 Å². The van der Waals surface area contributed by atoms with E-state index in [2.05, 4.69) is 0 Å². The molecular weight excluding hydrogens is 140 g/mol. The summed E-state index contributed by atoms with van der Waals surface area (Å²) in [5.74, 6) is -1.11. The largest absolute Gasteiger partial charge is 0.481 e. The lowest BCUT2D eigenvalue weighted by atomic mass is 9.88. The normalized spacial score (nSPS) is 19.1. The molecule has 0 spiro atoms. The van der Waals surface area contributed by atoms with Gasteiger partial charge >= 0.3 is 5.97 Å². The number of carboxylic acids is 1. The number of aliphatic carboxylic acids is 1. The van der Waals surface area contributed by atoms with Crippen LogP contribution in [-0.4, -0.2) is 11.1 Å². The Balaban J connectivity index is 2.89. The van der Waals surface area contributed by atoms with E-state index < -0.39 is 5.97 Å². The second-order valence-electron chi connectivity index (χ2n) is 2.90. The molecule has 1 N–H and O–H groups in total. The Labute approximate surface area is 66.2 Å². The summed E-state index contributed by atoms with van der Waals surface area (Å²) in [6.07, 6.45) is 4.80. The highest BCUT2D eigenvalue weighted by atomic mass is 16.4. The smallest absolute Gasteiger partial charge is 0.314 e. The average Bonchev–Trinajstić information content (AvgIpc) is 1.85. The lowest BCUT2D eigenvalue weighted by molar-refractivity contribution is -0.139. The van der Waals surface area contributed by atoms with Gasteiger partial charge in [-0.15, -0.1) is 0 Å². The van der Waals surface area contributed by atoms with E-state index in [-0.39, 0.29) is 5.92 Å². The van der Waals surface area contributed by atoms with Gasteiger partial charge in [-0.25, -0.2) is 0 Å².